The highest BCUT2D eigenvalue weighted by Gasteiger charge is 2.07. The number of carbonyl (C=O) groups is 1. The molecule has 0 aliphatic carbocycles. The van der Waals surface area contributed by atoms with Crippen LogP contribution in [0.4, 0.5) is 11.4 Å². The molecule has 2 N–H and O–H groups in total. The van der Waals surface area contributed by atoms with Crippen molar-refractivity contribution in [2.45, 2.75) is 20.4 Å². The second-order valence-corrected chi connectivity index (χ2v) is 5.58. The number of aryl methyl sites for hydroxylation is 1. The van der Waals surface area contributed by atoms with Crippen molar-refractivity contribution in [3.63, 3.8) is 0 Å². The molecule has 3 nitrogen and oxygen atoms in total. The van der Waals surface area contributed by atoms with Gasteiger partial charge in [0.15, 0.2) is 0 Å². The lowest BCUT2D eigenvalue weighted by Crippen LogP contribution is -2.07. The third kappa shape index (κ3) is 4.13. The maximum Gasteiger partial charge on any atom is 0.221 e. The minimum atomic E-state index is -0.0982. The SMILES string of the molecule is CC(=O)Nc1ccc(C)c(NCc2c(Cl)cccc2Cl)c1. The summed E-state index contributed by atoms with van der Waals surface area (Å²) in [6.07, 6.45) is 0. The lowest BCUT2D eigenvalue weighted by molar-refractivity contribution is -0.114. The highest BCUT2D eigenvalue weighted by molar-refractivity contribution is 6.36. The van der Waals surface area contributed by atoms with Gasteiger partial charge in [0.05, 0.1) is 0 Å². The Morgan fingerprint density at radius 3 is 2.43 bits per heavy atom. The Morgan fingerprint density at radius 2 is 1.81 bits per heavy atom. The molecular weight excluding hydrogens is 307 g/mol. The van der Waals surface area contributed by atoms with Gasteiger partial charge in [-0.05, 0) is 36.8 Å². The fraction of sp³-hybridized carbons (Fsp3) is 0.188. The van der Waals surface area contributed by atoms with Crippen LogP contribution in [0.1, 0.15) is 18.1 Å². The molecule has 0 aliphatic heterocycles. The van der Waals surface area contributed by atoms with Gasteiger partial charge in [0.25, 0.3) is 0 Å². The molecule has 0 bridgehead atoms. The van der Waals surface area contributed by atoms with Crippen LogP contribution >= 0.6 is 23.2 Å². The number of anilines is 2. The van der Waals surface area contributed by atoms with Crippen LogP contribution < -0.4 is 10.6 Å². The molecule has 0 radical (unpaired) electrons. The highest BCUT2D eigenvalue weighted by Crippen LogP contribution is 2.27. The molecule has 2 aromatic rings. The zero-order valence-electron chi connectivity index (χ0n) is 11.8. The highest BCUT2D eigenvalue weighted by atomic mass is 35.5. The number of hydrogen-bond donors (Lipinski definition) is 2. The first-order chi connectivity index (χ1) is 9.97. The van der Waals surface area contributed by atoms with Crippen molar-refractivity contribution in [3.8, 4) is 0 Å². The molecule has 5 heteroatoms. The van der Waals surface area contributed by atoms with Crippen molar-refractivity contribution in [2.75, 3.05) is 10.6 Å². The van der Waals surface area contributed by atoms with Crippen molar-refractivity contribution in [1.29, 1.82) is 0 Å². The van der Waals surface area contributed by atoms with Gasteiger partial charge in [-0.3, -0.25) is 4.79 Å². The van der Waals surface area contributed by atoms with Crippen LogP contribution in [0.2, 0.25) is 10.0 Å². The largest absolute Gasteiger partial charge is 0.381 e. The average Bonchev–Trinajstić information content (AvgIpc) is 2.41. The molecule has 0 aromatic heterocycles. The van der Waals surface area contributed by atoms with Gasteiger partial charge in [-0.25, -0.2) is 0 Å². The van der Waals surface area contributed by atoms with Crippen LogP contribution in [0.25, 0.3) is 0 Å². The first kappa shape index (κ1) is 15.7. The first-order valence-corrected chi connectivity index (χ1v) is 7.28. The van der Waals surface area contributed by atoms with E-state index in [2.05, 4.69) is 10.6 Å². The molecule has 2 aromatic carbocycles. The van der Waals surface area contributed by atoms with E-state index in [1.54, 1.807) is 0 Å². The van der Waals surface area contributed by atoms with Gasteiger partial charge >= 0.3 is 0 Å². The van der Waals surface area contributed by atoms with Crippen LogP contribution in [0, 0.1) is 6.92 Å². The minimum absolute atomic E-state index is 0.0982. The van der Waals surface area contributed by atoms with Gasteiger partial charge in [0.1, 0.15) is 0 Å². The van der Waals surface area contributed by atoms with Gasteiger partial charge in [-0.2, -0.15) is 0 Å². The number of amides is 1. The topological polar surface area (TPSA) is 41.1 Å². The van der Waals surface area contributed by atoms with Gasteiger partial charge in [0, 0.05) is 40.5 Å². The van der Waals surface area contributed by atoms with Crippen molar-refractivity contribution in [3.05, 3.63) is 57.6 Å². The molecule has 1 amide bonds. The summed E-state index contributed by atoms with van der Waals surface area (Å²) in [5.74, 6) is -0.0982. The maximum absolute atomic E-state index is 11.1. The van der Waals surface area contributed by atoms with Gasteiger partial charge in [-0.15, -0.1) is 0 Å². The molecule has 0 aliphatic rings. The third-order valence-electron chi connectivity index (χ3n) is 3.08. The molecular formula is C16H16Cl2N2O. The number of hydrogen-bond acceptors (Lipinski definition) is 2. The summed E-state index contributed by atoms with van der Waals surface area (Å²) < 4.78 is 0. The van der Waals surface area contributed by atoms with Crippen LogP contribution in [0.15, 0.2) is 36.4 Å². The predicted molar refractivity (Wildman–Crippen MR) is 89.3 cm³/mol. The molecule has 2 rings (SSSR count). The zero-order chi connectivity index (χ0) is 15.4. The minimum Gasteiger partial charge on any atom is -0.381 e. The second-order valence-electron chi connectivity index (χ2n) is 4.76. The Kier molecular flexibility index (Phi) is 5.10. The third-order valence-corrected chi connectivity index (χ3v) is 3.78. The van der Waals surface area contributed by atoms with E-state index < -0.39 is 0 Å². The number of carbonyl (C=O) groups excluding carboxylic acids is 1. The average molecular weight is 323 g/mol. The summed E-state index contributed by atoms with van der Waals surface area (Å²) in [7, 11) is 0. The van der Waals surface area contributed by atoms with E-state index >= 15 is 0 Å². The summed E-state index contributed by atoms with van der Waals surface area (Å²) >= 11 is 12.3. The fourth-order valence-corrected chi connectivity index (χ4v) is 2.51. The Hall–Kier alpha value is -1.71. The molecule has 0 fully saturated rings. The first-order valence-electron chi connectivity index (χ1n) is 6.52. The predicted octanol–water partition coefficient (Wildman–Crippen LogP) is 4.87. The molecule has 0 saturated heterocycles. The number of benzene rings is 2. The Labute approximate surface area is 134 Å². The van der Waals surface area contributed by atoms with Crippen molar-refractivity contribution < 1.29 is 4.79 Å². The second kappa shape index (κ2) is 6.83. The van der Waals surface area contributed by atoms with E-state index in [1.165, 1.54) is 6.92 Å². The standard InChI is InChI=1S/C16H16Cl2N2O/c1-10-6-7-12(20-11(2)21)8-16(10)19-9-13-14(17)4-3-5-15(13)18/h3-8,19H,9H2,1-2H3,(H,20,21). The Bertz CT molecular complexity index is 651. The Morgan fingerprint density at radius 1 is 1.14 bits per heavy atom. The molecule has 0 atom stereocenters. The van der Waals surface area contributed by atoms with Crippen molar-refractivity contribution in [1.82, 2.24) is 0 Å². The summed E-state index contributed by atoms with van der Waals surface area (Å²) in [6.45, 7) is 3.99. The van der Waals surface area contributed by atoms with Crippen LogP contribution in [0.3, 0.4) is 0 Å². The molecule has 21 heavy (non-hydrogen) atoms. The normalized spacial score (nSPS) is 10.3. The Balaban J connectivity index is 2.18. The molecule has 0 unspecified atom stereocenters. The summed E-state index contributed by atoms with van der Waals surface area (Å²) in [6, 6.07) is 11.1. The van der Waals surface area contributed by atoms with Crippen molar-refractivity contribution >= 4 is 40.5 Å². The quantitative estimate of drug-likeness (QED) is 0.842. The number of halogens is 2. The lowest BCUT2D eigenvalue weighted by atomic mass is 10.1. The van der Waals surface area contributed by atoms with E-state index in [0.717, 1.165) is 22.5 Å². The summed E-state index contributed by atoms with van der Waals surface area (Å²) in [4.78, 5) is 11.1. The molecule has 0 saturated carbocycles. The zero-order valence-corrected chi connectivity index (χ0v) is 13.3. The van der Waals surface area contributed by atoms with E-state index in [1.807, 2.05) is 43.3 Å². The number of nitrogens with one attached hydrogen (secondary N) is 2. The summed E-state index contributed by atoms with van der Waals surface area (Å²) in [5.41, 5.74) is 3.61. The van der Waals surface area contributed by atoms with Crippen LogP contribution in [-0.4, -0.2) is 5.91 Å². The smallest absolute Gasteiger partial charge is 0.221 e. The monoisotopic (exact) mass is 322 g/mol. The fourth-order valence-electron chi connectivity index (χ4n) is 1.98. The van der Waals surface area contributed by atoms with Gasteiger partial charge in [-0.1, -0.05) is 35.3 Å². The van der Waals surface area contributed by atoms with E-state index in [-0.39, 0.29) is 5.91 Å². The lowest BCUT2D eigenvalue weighted by Gasteiger charge is -2.13. The van der Waals surface area contributed by atoms with E-state index in [9.17, 15) is 4.79 Å². The molecule has 110 valence electrons. The van der Waals surface area contributed by atoms with E-state index in [0.29, 0.717) is 16.6 Å². The molecule has 0 heterocycles. The van der Waals surface area contributed by atoms with Crippen LogP contribution in [0.5, 0.6) is 0 Å². The van der Waals surface area contributed by atoms with E-state index in [4.69, 9.17) is 23.2 Å². The van der Waals surface area contributed by atoms with Gasteiger partial charge in [0.2, 0.25) is 5.91 Å². The number of rotatable bonds is 4. The van der Waals surface area contributed by atoms with Gasteiger partial charge < -0.3 is 10.6 Å². The van der Waals surface area contributed by atoms with Crippen molar-refractivity contribution in [2.24, 2.45) is 0 Å². The summed E-state index contributed by atoms with van der Waals surface area (Å²) in [5, 5.41) is 7.33. The molecule has 0 spiro atoms. The van der Waals surface area contributed by atoms with Crippen LogP contribution in [-0.2, 0) is 11.3 Å². The maximum atomic E-state index is 11.1.